The van der Waals surface area contributed by atoms with Gasteiger partial charge in [0.1, 0.15) is 5.41 Å². The number of rotatable bonds is 6. The maximum atomic E-state index is 12.8. The van der Waals surface area contributed by atoms with E-state index in [9.17, 15) is 10.1 Å². The molecule has 1 heterocycles. The van der Waals surface area contributed by atoms with Crippen LogP contribution in [0.3, 0.4) is 0 Å². The van der Waals surface area contributed by atoms with Gasteiger partial charge in [-0.2, -0.15) is 5.26 Å². The summed E-state index contributed by atoms with van der Waals surface area (Å²) in [6, 6.07) is 2.71. The lowest BCUT2D eigenvalue weighted by Crippen LogP contribution is -2.45. The minimum Gasteiger partial charge on any atom is -0.338 e. The van der Waals surface area contributed by atoms with Crippen molar-refractivity contribution in [3.8, 4) is 6.07 Å². The molecule has 1 saturated heterocycles. The van der Waals surface area contributed by atoms with E-state index in [0.717, 1.165) is 38.6 Å². The van der Waals surface area contributed by atoms with E-state index in [4.69, 9.17) is 0 Å². The number of hydrogen-bond donors (Lipinski definition) is 0. The van der Waals surface area contributed by atoms with Gasteiger partial charge in [0, 0.05) is 12.6 Å². The van der Waals surface area contributed by atoms with E-state index in [-0.39, 0.29) is 5.91 Å². The largest absolute Gasteiger partial charge is 0.338 e. The third kappa shape index (κ3) is 2.85. The summed E-state index contributed by atoms with van der Waals surface area (Å²) in [6.07, 6.45) is 6.37. The van der Waals surface area contributed by atoms with E-state index < -0.39 is 5.41 Å². The first-order valence-corrected chi connectivity index (χ1v) is 7.37. The zero-order chi connectivity index (χ0) is 13.6. The molecule has 18 heavy (non-hydrogen) atoms. The number of nitriles is 1. The van der Waals surface area contributed by atoms with Crippen LogP contribution in [0.5, 0.6) is 0 Å². The van der Waals surface area contributed by atoms with Crippen molar-refractivity contribution in [3.05, 3.63) is 0 Å². The fourth-order valence-corrected chi connectivity index (χ4v) is 3.15. The van der Waals surface area contributed by atoms with Crippen LogP contribution in [-0.4, -0.2) is 23.4 Å². The van der Waals surface area contributed by atoms with Crippen molar-refractivity contribution < 1.29 is 4.79 Å². The molecule has 0 aromatic heterocycles. The van der Waals surface area contributed by atoms with E-state index in [1.165, 1.54) is 0 Å². The molecule has 1 aliphatic rings. The first-order valence-electron chi connectivity index (χ1n) is 7.37. The van der Waals surface area contributed by atoms with Crippen LogP contribution in [-0.2, 0) is 4.79 Å². The standard InChI is InChI=1S/C15H26N2O/c1-4-9-15(12-16,10-5-2)14(18)17-11-7-8-13(17)6-3/h13H,4-11H2,1-3H3. The second-order valence-corrected chi connectivity index (χ2v) is 5.40. The van der Waals surface area contributed by atoms with E-state index in [1.54, 1.807) is 0 Å². The van der Waals surface area contributed by atoms with Gasteiger partial charge in [0.15, 0.2) is 0 Å². The van der Waals surface area contributed by atoms with Crippen LogP contribution in [0.1, 0.15) is 65.7 Å². The SMILES string of the molecule is CCCC(C#N)(CCC)C(=O)N1CCCC1CC. The molecule has 102 valence electrons. The summed E-state index contributed by atoms with van der Waals surface area (Å²) in [5.41, 5.74) is -0.763. The summed E-state index contributed by atoms with van der Waals surface area (Å²) in [7, 11) is 0. The Morgan fingerprint density at radius 3 is 2.39 bits per heavy atom. The van der Waals surface area contributed by atoms with Crippen LogP contribution in [0.4, 0.5) is 0 Å². The minimum atomic E-state index is -0.763. The maximum absolute atomic E-state index is 12.8. The van der Waals surface area contributed by atoms with Crippen molar-refractivity contribution in [3.63, 3.8) is 0 Å². The summed E-state index contributed by atoms with van der Waals surface area (Å²) in [6.45, 7) is 7.07. The molecule has 1 aliphatic heterocycles. The predicted octanol–water partition coefficient (Wildman–Crippen LogP) is 3.50. The molecule has 3 nitrogen and oxygen atoms in total. The van der Waals surface area contributed by atoms with Gasteiger partial charge in [-0.25, -0.2) is 0 Å². The second kappa shape index (κ2) is 6.78. The fourth-order valence-electron chi connectivity index (χ4n) is 3.15. The lowest BCUT2D eigenvalue weighted by atomic mass is 9.79. The number of hydrogen-bond acceptors (Lipinski definition) is 2. The lowest BCUT2D eigenvalue weighted by molar-refractivity contribution is -0.140. The van der Waals surface area contributed by atoms with E-state index in [2.05, 4.69) is 26.8 Å². The van der Waals surface area contributed by atoms with Gasteiger partial charge in [-0.15, -0.1) is 0 Å². The number of carbonyl (C=O) groups excluding carboxylic acids is 1. The summed E-state index contributed by atoms with van der Waals surface area (Å²) < 4.78 is 0. The van der Waals surface area contributed by atoms with Crippen molar-refractivity contribution in [2.75, 3.05) is 6.54 Å². The van der Waals surface area contributed by atoms with E-state index in [1.807, 2.05) is 4.90 Å². The van der Waals surface area contributed by atoms with Gasteiger partial charge in [-0.05, 0) is 32.1 Å². The normalized spacial score (nSPS) is 19.9. The Bertz CT molecular complexity index is 313. The van der Waals surface area contributed by atoms with Gasteiger partial charge in [-0.3, -0.25) is 4.79 Å². The van der Waals surface area contributed by atoms with Gasteiger partial charge in [0.2, 0.25) is 5.91 Å². The minimum absolute atomic E-state index is 0.0954. The Balaban J connectivity index is 2.91. The molecule has 1 fully saturated rings. The van der Waals surface area contributed by atoms with Gasteiger partial charge in [0.25, 0.3) is 0 Å². The van der Waals surface area contributed by atoms with Crippen molar-refractivity contribution in [2.24, 2.45) is 5.41 Å². The van der Waals surface area contributed by atoms with Crippen LogP contribution >= 0.6 is 0 Å². The first kappa shape index (κ1) is 15.0. The molecular weight excluding hydrogens is 224 g/mol. The zero-order valence-corrected chi connectivity index (χ0v) is 12.0. The Hall–Kier alpha value is -1.04. The van der Waals surface area contributed by atoms with Crippen molar-refractivity contribution in [1.29, 1.82) is 5.26 Å². The monoisotopic (exact) mass is 250 g/mol. The highest BCUT2D eigenvalue weighted by Gasteiger charge is 2.42. The third-order valence-corrected chi connectivity index (χ3v) is 4.09. The van der Waals surface area contributed by atoms with Crippen LogP contribution < -0.4 is 0 Å². The highest BCUT2D eigenvalue weighted by Crippen LogP contribution is 2.34. The Kier molecular flexibility index (Phi) is 5.65. The van der Waals surface area contributed by atoms with Crippen LogP contribution in [0.15, 0.2) is 0 Å². The topological polar surface area (TPSA) is 44.1 Å². The van der Waals surface area contributed by atoms with E-state index in [0.29, 0.717) is 18.9 Å². The number of likely N-dealkylation sites (tertiary alicyclic amines) is 1. The summed E-state index contributed by atoms with van der Waals surface area (Å²) in [5.74, 6) is 0.0954. The average molecular weight is 250 g/mol. The number of amides is 1. The molecule has 0 N–H and O–H groups in total. The van der Waals surface area contributed by atoms with Crippen molar-refractivity contribution >= 4 is 5.91 Å². The molecule has 3 heteroatoms. The second-order valence-electron chi connectivity index (χ2n) is 5.40. The van der Waals surface area contributed by atoms with Crippen molar-refractivity contribution in [1.82, 2.24) is 4.90 Å². The molecule has 1 rings (SSSR count). The van der Waals surface area contributed by atoms with Crippen molar-refractivity contribution in [2.45, 2.75) is 71.8 Å². The lowest BCUT2D eigenvalue weighted by Gasteiger charge is -2.33. The predicted molar refractivity (Wildman–Crippen MR) is 72.9 cm³/mol. The number of nitrogens with zero attached hydrogens (tertiary/aromatic N) is 2. The summed E-state index contributed by atoms with van der Waals surface area (Å²) in [4.78, 5) is 14.7. The quantitative estimate of drug-likeness (QED) is 0.724. The van der Waals surface area contributed by atoms with Gasteiger partial charge in [-0.1, -0.05) is 33.6 Å². The Morgan fingerprint density at radius 2 is 1.94 bits per heavy atom. The van der Waals surface area contributed by atoms with Crippen LogP contribution in [0.2, 0.25) is 0 Å². The molecule has 0 aromatic carbocycles. The number of carbonyl (C=O) groups is 1. The molecule has 0 saturated carbocycles. The molecule has 1 amide bonds. The fraction of sp³-hybridized carbons (Fsp3) is 0.867. The molecule has 0 bridgehead atoms. The molecule has 1 atom stereocenters. The molecule has 0 aromatic rings. The van der Waals surface area contributed by atoms with Crippen LogP contribution in [0.25, 0.3) is 0 Å². The zero-order valence-electron chi connectivity index (χ0n) is 12.0. The van der Waals surface area contributed by atoms with E-state index >= 15 is 0 Å². The Morgan fingerprint density at radius 1 is 1.33 bits per heavy atom. The smallest absolute Gasteiger partial charge is 0.243 e. The molecule has 1 unspecified atom stereocenters. The van der Waals surface area contributed by atoms with Crippen LogP contribution in [0, 0.1) is 16.7 Å². The van der Waals surface area contributed by atoms with Gasteiger partial charge in [0.05, 0.1) is 6.07 Å². The summed E-state index contributed by atoms with van der Waals surface area (Å²) >= 11 is 0. The first-order chi connectivity index (χ1) is 8.65. The Labute approximate surface area is 111 Å². The maximum Gasteiger partial charge on any atom is 0.243 e. The highest BCUT2D eigenvalue weighted by atomic mass is 16.2. The molecule has 0 aliphatic carbocycles. The molecule has 0 radical (unpaired) electrons. The third-order valence-electron chi connectivity index (χ3n) is 4.09. The van der Waals surface area contributed by atoms with Gasteiger partial charge >= 0.3 is 0 Å². The molecule has 0 spiro atoms. The van der Waals surface area contributed by atoms with Gasteiger partial charge < -0.3 is 4.90 Å². The highest BCUT2D eigenvalue weighted by molar-refractivity contribution is 5.86. The summed E-state index contributed by atoms with van der Waals surface area (Å²) in [5, 5.41) is 9.53. The molecular formula is C15H26N2O. The average Bonchev–Trinajstić information content (AvgIpc) is 2.85.